The molecule has 25 heteroatoms. The summed E-state index contributed by atoms with van der Waals surface area (Å²) in [6, 6.07) is 71.0. The summed E-state index contributed by atoms with van der Waals surface area (Å²) in [5, 5.41) is 42.5. The highest BCUT2D eigenvalue weighted by molar-refractivity contribution is 7.22. The molecule has 0 saturated heterocycles. The second kappa shape index (κ2) is 41.5. The molecule has 0 atom stereocenters. The van der Waals surface area contributed by atoms with E-state index >= 15 is 0 Å². The van der Waals surface area contributed by atoms with Crippen molar-refractivity contribution >= 4 is 159 Å². The van der Waals surface area contributed by atoms with Gasteiger partial charge < -0.3 is 58.3 Å². The third-order valence-corrected chi connectivity index (χ3v) is 24.0. The zero-order valence-corrected chi connectivity index (χ0v) is 71.7. The van der Waals surface area contributed by atoms with E-state index in [2.05, 4.69) is 18.9 Å². The lowest BCUT2D eigenvalue weighted by atomic mass is 9.95. The van der Waals surface area contributed by atoms with Crippen LogP contribution in [0.2, 0.25) is 0 Å². The number of halogens is 1. The van der Waals surface area contributed by atoms with Crippen LogP contribution in [0.1, 0.15) is 117 Å². The van der Waals surface area contributed by atoms with E-state index in [1.165, 1.54) is 88.6 Å². The second-order valence-electron chi connectivity index (χ2n) is 28.3. The van der Waals surface area contributed by atoms with Gasteiger partial charge in [-0.05, 0) is 249 Å². The van der Waals surface area contributed by atoms with Crippen LogP contribution in [0.15, 0.2) is 274 Å². The van der Waals surface area contributed by atoms with Gasteiger partial charge in [0.15, 0.2) is 23.0 Å². The summed E-state index contributed by atoms with van der Waals surface area (Å²) >= 11 is 5.06. The van der Waals surface area contributed by atoms with E-state index in [1.807, 2.05) is 120 Å². The molecule has 127 heavy (non-hydrogen) atoms. The van der Waals surface area contributed by atoms with Crippen molar-refractivity contribution < 1.29 is 101 Å². The van der Waals surface area contributed by atoms with Crippen LogP contribution in [0, 0.1) is 47.4 Å². The number of rotatable bonds is 28. The van der Waals surface area contributed by atoms with Crippen molar-refractivity contribution in [2.75, 3.05) is 0 Å². The smallest absolute Gasteiger partial charge is 0.297 e. The standard InChI is InChI=1S/C27H22O5S.C25H17FO5S.2C25H18O5S/c1-16-12-17(2)24(18(3)13-16)25(30)27-26(22-9-6-20(29)14-23(22)33-27)32-21-7-4-19(5-8-21)10-11-31-15-28;1-15-2-5-17(26)12-21(15)23(29)25-24(20-9-6-18(28)13-22(20)32-25)31-19-7-3-16(4-8-19)10-11-30-14-27;2*1-16-4-2-3-5-20(16)23(28)25-24(21-11-8-18(27)14-22(21)31-25)30-19-9-6-17(7-10-19)12-13-29-15-26/h4-15,29H,1-3H3;2-14,28H,1H3;2*2-15,27H,1H3/b2*11-10+;2*13-12+. The van der Waals surface area contributed by atoms with Crippen molar-refractivity contribution in [1.29, 1.82) is 0 Å². The average molecular weight is 1770 g/mol. The topological polar surface area (TPSA) is 291 Å². The Balaban J connectivity index is 0.000000145. The van der Waals surface area contributed by atoms with Crippen molar-refractivity contribution in [2.45, 2.75) is 41.5 Å². The molecule has 0 fully saturated rings. The third-order valence-electron chi connectivity index (χ3n) is 19.4. The number of ketones is 4. The minimum absolute atomic E-state index is 0.0694. The fourth-order valence-electron chi connectivity index (χ4n) is 13.4. The van der Waals surface area contributed by atoms with Gasteiger partial charge in [0, 0.05) is 62.6 Å². The number of benzene rings is 12. The van der Waals surface area contributed by atoms with Crippen molar-refractivity contribution in [3.63, 3.8) is 0 Å². The lowest BCUT2D eigenvalue weighted by Gasteiger charge is -2.12. The number of carbonyl (C=O) groups is 8. The van der Waals surface area contributed by atoms with E-state index in [-0.39, 0.29) is 51.7 Å². The molecule has 0 unspecified atom stereocenters. The number of aryl methyl sites for hydroxylation is 6. The van der Waals surface area contributed by atoms with Crippen LogP contribution in [0.4, 0.5) is 4.39 Å². The van der Waals surface area contributed by atoms with Crippen LogP contribution >= 0.6 is 45.3 Å². The number of thiophene rings is 4. The molecule has 0 saturated carbocycles. The SMILES string of the molecule is Cc1cc(C)c(C(=O)c2sc3cc(O)ccc3c2Oc2ccc(/C=C/OC=O)cc2)c(C)c1.Cc1ccc(F)cc1C(=O)c1sc2cc(O)ccc2c1Oc1ccc(/C=C/OC=O)cc1.Cc1ccccc1C(=O)c1sc2cc(O)ccc2c1Oc1ccc(/C=C/OC=O)cc1.Cc1ccccc1C(=O)c1sc2cc(O)ccc2c1Oc1ccc(/C=C/OC=O)cc1. The van der Waals surface area contributed by atoms with E-state index in [1.54, 1.807) is 177 Å². The van der Waals surface area contributed by atoms with Gasteiger partial charge in [-0.3, -0.25) is 38.4 Å². The first-order valence-corrected chi connectivity index (χ1v) is 42.0. The summed E-state index contributed by atoms with van der Waals surface area (Å²) < 4.78 is 59.7. The summed E-state index contributed by atoms with van der Waals surface area (Å²) in [4.78, 5) is 96.4. The zero-order valence-electron chi connectivity index (χ0n) is 68.4. The summed E-state index contributed by atoms with van der Waals surface area (Å²) in [6.45, 7) is 12.8. The maximum absolute atomic E-state index is 13.8. The van der Waals surface area contributed by atoms with E-state index in [4.69, 9.17) is 18.9 Å². The lowest BCUT2D eigenvalue weighted by molar-refractivity contribution is -0.124. The van der Waals surface area contributed by atoms with Crippen LogP contribution in [-0.4, -0.2) is 69.4 Å². The van der Waals surface area contributed by atoms with Crippen LogP contribution in [0.3, 0.4) is 0 Å². The molecule has 20 nitrogen and oxygen atoms in total. The first-order valence-electron chi connectivity index (χ1n) is 38.8. The number of fused-ring (bicyclic) bond motifs is 4. The molecule has 634 valence electrons. The van der Waals surface area contributed by atoms with Crippen LogP contribution in [-0.2, 0) is 38.1 Å². The third kappa shape index (κ3) is 21.9. The number of hydrogen-bond donors (Lipinski definition) is 4. The minimum atomic E-state index is -0.498. The van der Waals surface area contributed by atoms with Crippen molar-refractivity contribution in [3.05, 3.63) is 377 Å². The van der Waals surface area contributed by atoms with Gasteiger partial charge in [-0.25, -0.2) is 4.39 Å². The number of phenolic OH excluding ortho intramolecular Hbond substituents is 4. The summed E-state index contributed by atoms with van der Waals surface area (Å²) in [7, 11) is 0. The molecule has 4 aromatic heterocycles. The molecule has 16 aromatic rings. The van der Waals surface area contributed by atoms with E-state index in [9.17, 15) is 63.2 Å². The predicted octanol–water partition coefficient (Wildman–Crippen LogP) is 25.1. The predicted molar refractivity (Wildman–Crippen MR) is 493 cm³/mol. The van der Waals surface area contributed by atoms with Gasteiger partial charge in [-0.2, -0.15) is 0 Å². The molecular formula is C102H75FO20S4. The van der Waals surface area contributed by atoms with Gasteiger partial charge in [-0.15, -0.1) is 45.3 Å². The maximum atomic E-state index is 13.8. The fourth-order valence-corrected chi connectivity index (χ4v) is 17.9. The first-order chi connectivity index (χ1) is 61.4. The summed E-state index contributed by atoms with van der Waals surface area (Å²) in [5.41, 5.74) is 10.7. The van der Waals surface area contributed by atoms with Crippen LogP contribution < -0.4 is 18.9 Å². The Morgan fingerprint density at radius 1 is 0.291 bits per heavy atom. The minimum Gasteiger partial charge on any atom is -0.508 e. The van der Waals surface area contributed by atoms with E-state index in [0.717, 1.165) is 80.3 Å². The van der Waals surface area contributed by atoms with Gasteiger partial charge in [0.1, 0.15) is 71.3 Å². The summed E-state index contributed by atoms with van der Waals surface area (Å²) in [6.07, 6.45) is 11.7. The molecule has 0 aliphatic rings. The van der Waals surface area contributed by atoms with Gasteiger partial charge in [-0.1, -0.05) is 121 Å². The Morgan fingerprint density at radius 2 is 0.559 bits per heavy atom. The average Bonchev–Trinajstić information content (AvgIpc) is 1.58. The lowest BCUT2D eigenvalue weighted by Crippen LogP contribution is -2.06. The van der Waals surface area contributed by atoms with Crippen molar-refractivity contribution in [2.24, 2.45) is 0 Å². The molecular weight excluding hydrogens is 1690 g/mol. The Hall–Kier alpha value is -15.7. The molecule has 12 aromatic carbocycles. The Morgan fingerprint density at radius 3 is 0.843 bits per heavy atom. The highest BCUT2D eigenvalue weighted by Gasteiger charge is 2.29. The molecule has 4 heterocycles. The van der Waals surface area contributed by atoms with Crippen LogP contribution in [0.5, 0.6) is 69.0 Å². The van der Waals surface area contributed by atoms with E-state index < -0.39 is 5.82 Å². The van der Waals surface area contributed by atoms with Crippen molar-refractivity contribution in [1.82, 2.24) is 0 Å². The monoisotopic (exact) mass is 1770 g/mol. The fraction of sp³-hybridized carbons (Fsp3) is 0.0588. The molecule has 0 amide bonds. The Labute approximate surface area is 742 Å². The summed E-state index contributed by atoms with van der Waals surface area (Å²) in [5.74, 6) is 3.12. The molecule has 0 spiro atoms. The molecule has 0 aliphatic heterocycles. The number of phenols is 4. The second-order valence-corrected chi connectivity index (χ2v) is 32.5. The number of ether oxygens (including phenoxy) is 8. The first kappa shape index (κ1) is 89.1. The molecule has 4 N–H and O–H groups in total. The normalized spacial score (nSPS) is 11.0. The van der Waals surface area contributed by atoms with Gasteiger partial charge >= 0.3 is 0 Å². The van der Waals surface area contributed by atoms with Crippen molar-refractivity contribution in [3.8, 4) is 69.0 Å². The van der Waals surface area contributed by atoms with Gasteiger partial charge in [0.2, 0.25) is 23.1 Å². The van der Waals surface area contributed by atoms with Crippen LogP contribution in [0.25, 0.3) is 64.6 Å². The number of hydrogen-bond acceptors (Lipinski definition) is 24. The van der Waals surface area contributed by atoms with Gasteiger partial charge in [0.25, 0.3) is 25.9 Å². The quantitative estimate of drug-likeness (QED) is 0.0153. The Bertz CT molecular complexity index is 6720. The highest BCUT2D eigenvalue weighted by Crippen LogP contribution is 2.48. The zero-order chi connectivity index (χ0) is 89.8. The highest BCUT2D eigenvalue weighted by atomic mass is 32.1. The molecule has 0 aliphatic carbocycles. The van der Waals surface area contributed by atoms with E-state index in [0.29, 0.717) is 124 Å². The maximum Gasteiger partial charge on any atom is 0.297 e. The molecule has 0 bridgehead atoms. The number of carbonyl (C=O) groups excluding carboxylic acids is 8. The van der Waals surface area contributed by atoms with Gasteiger partial charge in [0.05, 0.1) is 25.0 Å². The number of aromatic hydroxyl groups is 4. The molecule has 0 radical (unpaired) electrons. The Kier molecular flexibility index (Phi) is 29.1. The largest absolute Gasteiger partial charge is 0.508 e. The molecule has 16 rings (SSSR count).